The molecule has 0 fully saturated rings. The van der Waals surface area contributed by atoms with E-state index in [0.717, 1.165) is 6.07 Å². The molecule has 0 bridgehead atoms. The minimum absolute atomic E-state index is 0.0518. The van der Waals surface area contributed by atoms with Crippen molar-refractivity contribution in [3.63, 3.8) is 0 Å². The number of alkyl halides is 3. The van der Waals surface area contributed by atoms with Gasteiger partial charge in [-0.3, -0.25) is 0 Å². The molecule has 0 aliphatic carbocycles. The van der Waals surface area contributed by atoms with Gasteiger partial charge < -0.3 is 10.1 Å². The quantitative estimate of drug-likeness (QED) is 0.810. The normalized spacial score (nSPS) is 13.6. The number of hydrogen-bond acceptors (Lipinski definition) is 2. The minimum Gasteiger partial charge on any atom is -0.370 e. The van der Waals surface area contributed by atoms with Crippen LogP contribution in [0.4, 0.5) is 22.0 Å². The molecule has 0 saturated heterocycles. The molecule has 0 radical (unpaired) electrons. The van der Waals surface area contributed by atoms with E-state index in [-0.39, 0.29) is 5.56 Å². The van der Waals surface area contributed by atoms with Crippen LogP contribution < -0.4 is 5.32 Å². The van der Waals surface area contributed by atoms with Gasteiger partial charge in [0.25, 0.3) is 0 Å². The molecule has 0 amide bonds. The Bertz CT molecular complexity index is 408. The molecule has 0 heterocycles. The highest BCUT2D eigenvalue weighted by Gasteiger charge is 2.28. The average Bonchev–Trinajstić information content (AvgIpc) is 2.30. The summed E-state index contributed by atoms with van der Waals surface area (Å²) in [5.41, 5.74) is -0.0518. The molecule has 7 heteroatoms. The van der Waals surface area contributed by atoms with Gasteiger partial charge in [-0.25, -0.2) is 8.78 Å². The summed E-state index contributed by atoms with van der Waals surface area (Å²) in [5.74, 6) is -2.12. The van der Waals surface area contributed by atoms with Gasteiger partial charge >= 0.3 is 6.18 Å². The lowest BCUT2D eigenvalue weighted by atomic mass is 10.1. The van der Waals surface area contributed by atoms with E-state index in [0.29, 0.717) is 6.54 Å². The predicted molar refractivity (Wildman–Crippen MR) is 59.6 cm³/mol. The fourth-order valence-electron chi connectivity index (χ4n) is 1.59. The van der Waals surface area contributed by atoms with Crippen molar-refractivity contribution in [1.29, 1.82) is 0 Å². The number of likely N-dealkylation sites (N-methyl/N-ethyl adjacent to an activating group) is 1. The second-order valence-corrected chi connectivity index (χ2v) is 3.88. The summed E-state index contributed by atoms with van der Waals surface area (Å²) < 4.78 is 67.0. The highest BCUT2D eigenvalue weighted by Crippen LogP contribution is 2.21. The van der Waals surface area contributed by atoms with Gasteiger partial charge in [-0.05, 0) is 12.6 Å². The fraction of sp³-hybridized carbons (Fsp3) is 0.500. The smallest absolute Gasteiger partial charge is 0.370 e. The van der Waals surface area contributed by atoms with Crippen molar-refractivity contribution in [2.24, 2.45) is 0 Å². The Balaban J connectivity index is 2.74. The van der Waals surface area contributed by atoms with Gasteiger partial charge in [0, 0.05) is 5.56 Å². The second-order valence-electron chi connectivity index (χ2n) is 3.88. The zero-order valence-electron chi connectivity index (χ0n) is 10.2. The van der Waals surface area contributed by atoms with Crippen LogP contribution in [-0.2, 0) is 4.74 Å². The van der Waals surface area contributed by atoms with Crippen molar-refractivity contribution < 1.29 is 26.7 Å². The van der Waals surface area contributed by atoms with Gasteiger partial charge in [0.15, 0.2) is 11.6 Å². The number of ether oxygens (including phenoxy) is 1. The Morgan fingerprint density at radius 3 is 2.53 bits per heavy atom. The number of nitrogens with one attached hydrogen (secondary N) is 1. The first-order chi connectivity index (χ1) is 8.85. The lowest BCUT2D eigenvalue weighted by molar-refractivity contribution is -0.175. The number of benzene rings is 1. The Morgan fingerprint density at radius 2 is 1.95 bits per heavy atom. The molecule has 0 aliphatic rings. The molecule has 2 nitrogen and oxygen atoms in total. The maximum atomic E-state index is 13.5. The van der Waals surface area contributed by atoms with Crippen molar-refractivity contribution in [3.05, 3.63) is 35.4 Å². The molecule has 0 spiro atoms. The zero-order chi connectivity index (χ0) is 14.5. The zero-order valence-corrected chi connectivity index (χ0v) is 10.2. The first kappa shape index (κ1) is 15.8. The minimum atomic E-state index is -4.45. The highest BCUT2D eigenvalue weighted by molar-refractivity contribution is 5.22. The molecule has 108 valence electrons. The van der Waals surface area contributed by atoms with Gasteiger partial charge in [-0.1, -0.05) is 19.1 Å². The summed E-state index contributed by atoms with van der Waals surface area (Å²) in [7, 11) is 0. The Labute approximate surface area is 107 Å². The van der Waals surface area contributed by atoms with Crippen LogP contribution in [0.1, 0.15) is 18.5 Å². The first-order valence-corrected chi connectivity index (χ1v) is 5.67. The molecular formula is C12H14F5NO. The third kappa shape index (κ3) is 5.12. The van der Waals surface area contributed by atoms with Crippen molar-refractivity contribution in [1.82, 2.24) is 5.32 Å². The lowest BCUT2D eigenvalue weighted by Crippen LogP contribution is -2.28. The van der Waals surface area contributed by atoms with E-state index in [1.165, 1.54) is 12.1 Å². The standard InChI is InChI=1S/C12H14F5NO/c1-2-18-10(6-19-7-12(15,16)17)8-4-3-5-9(13)11(8)14/h3-5,10,18H,2,6-7H2,1H3. The van der Waals surface area contributed by atoms with Crippen LogP contribution in [0.3, 0.4) is 0 Å². The highest BCUT2D eigenvalue weighted by atomic mass is 19.4. The summed E-state index contributed by atoms with van der Waals surface area (Å²) >= 11 is 0. The molecule has 19 heavy (non-hydrogen) atoms. The summed E-state index contributed by atoms with van der Waals surface area (Å²) in [6.07, 6.45) is -4.45. The van der Waals surface area contributed by atoms with Gasteiger partial charge in [-0.2, -0.15) is 13.2 Å². The topological polar surface area (TPSA) is 21.3 Å². The van der Waals surface area contributed by atoms with Crippen LogP contribution in [0.25, 0.3) is 0 Å². The van der Waals surface area contributed by atoms with Gasteiger partial charge in [0.1, 0.15) is 6.61 Å². The van der Waals surface area contributed by atoms with Crippen LogP contribution in [0.2, 0.25) is 0 Å². The van der Waals surface area contributed by atoms with Gasteiger partial charge in [0.2, 0.25) is 0 Å². The maximum Gasteiger partial charge on any atom is 0.411 e. The van der Waals surface area contributed by atoms with E-state index in [2.05, 4.69) is 10.1 Å². The number of halogens is 5. The molecule has 1 unspecified atom stereocenters. The molecule has 0 saturated carbocycles. The van der Waals surface area contributed by atoms with E-state index in [1.54, 1.807) is 6.92 Å². The van der Waals surface area contributed by atoms with E-state index in [1.807, 2.05) is 0 Å². The van der Waals surface area contributed by atoms with Gasteiger partial charge in [0.05, 0.1) is 12.6 Å². The summed E-state index contributed by atoms with van der Waals surface area (Å²) in [4.78, 5) is 0. The molecule has 1 rings (SSSR count). The third-order valence-corrected chi connectivity index (χ3v) is 2.36. The molecular weight excluding hydrogens is 269 g/mol. The van der Waals surface area contributed by atoms with Crippen molar-refractivity contribution in [3.8, 4) is 0 Å². The Morgan fingerprint density at radius 1 is 1.26 bits per heavy atom. The first-order valence-electron chi connectivity index (χ1n) is 5.67. The maximum absolute atomic E-state index is 13.5. The van der Waals surface area contributed by atoms with Crippen LogP contribution in [0.5, 0.6) is 0 Å². The Kier molecular flexibility index (Phi) is 5.68. The van der Waals surface area contributed by atoms with Crippen molar-refractivity contribution >= 4 is 0 Å². The largest absolute Gasteiger partial charge is 0.411 e. The summed E-state index contributed by atoms with van der Waals surface area (Å²) in [6, 6.07) is 2.71. The monoisotopic (exact) mass is 283 g/mol. The third-order valence-electron chi connectivity index (χ3n) is 2.36. The average molecular weight is 283 g/mol. The van der Waals surface area contributed by atoms with E-state index < -0.39 is 37.1 Å². The molecule has 0 aromatic heterocycles. The van der Waals surface area contributed by atoms with E-state index in [4.69, 9.17) is 0 Å². The fourth-order valence-corrected chi connectivity index (χ4v) is 1.59. The molecule has 1 N–H and O–H groups in total. The SMILES string of the molecule is CCNC(COCC(F)(F)F)c1cccc(F)c1F. The van der Waals surface area contributed by atoms with Crippen molar-refractivity contribution in [2.45, 2.75) is 19.1 Å². The summed E-state index contributed by atoms with van der Waals surface area (Å²) in [6.45, 7) is 0.267. The van der Waals surface area contributed by atoms with Gasteiger partial charge in [-0.15, -0.1) is 0 Å². The molecule has 1 aromatic rings. The number of hydrogen-bond donors (Lipinski definition) is 1. The van der Waals surface area contributed by atoms with Crippen LogP contribution in [-0.4, -0.2) is 25.9 Å². The summed E-state index contributed by atoms with van der Waals surface area (Å²) in [5, 5.41) is 2.75. The second kappa shape index (κ2) is 6.81. The van der Waals surface area contributed by atoms with E-state index >= 15 is 0 Å². The molecule has 1 aromatic carbocycles. The predicted octanol–water partition coefficient (Wildman–Crippen LogP) is 3.19. The van der Waals surface area contributed by atoms with Crippen LogP contribution in [0.15, 0.2) is 18.2 Å². The molecule has 0 aliphatic heterocycles. The number of rotatable bonds is 6. The lowest BCUT2D eigenvalue weighted by Gasteiger charge is -2.19. The van der Waals surface area contributed by atoms with Crippen LogP contribution in [0, 0.1) is 11.6 Å². The van der Waals surface area contributed by atoms with E-state index in [9.17, 15) is 22.0 Å². The Hall–Kier alpha value is -1.21. The van der Waals surface area contributed by atoms with Crippen LogP contribution >= 0.6 is 0 Å². The molecule has 1 atom stereocenters. The van der Waals surface area contributed by atoms with Crippen molar-refractivity contribution in [2.75, 3.05) is 19.8 Å².